The fourth-order valence-electron chi connectivity index (χ4n) is 4.81. The highest BCUT2D eigenvalue weighted by Gasteiger charge is 2.33. The lowest BCUT2D eigenvalue weighted by Crippen LogP contribution is -2.38. The molecule has 1 amide bonds. The Bertz CT molecular complexity index is 1530. The van der Waals surface area contributed by atoms with Gasteiger partial charge in [-0.1, -0.05) is 30.3 Å². The summed E-state index contributed by atoms with van der Waals surface area (Å²) < 4.78 is 54.6. The Labute approximate surface area is 201 Å². The first kappa shape index (κ1) is 23.2. The smallest absolute Gasteiger partial charge is 0.250 e. The fraction of sp³-hybridized carbons (Fsp3) is 0.192. The van der Waals surface area contributed by atoms with Gasteiger partial charge in [0.15, 0.2) is 0 Å². The standard InChI is InChI=1S/C26H23F2N3O3S/c27-19-6-7-24(23(28)14-19)35(33,34)31-10-8-17(9-11-31)22-15-30-25-20(22)12-18(13-21(25)26(29)32)16-4-2-1-3-5-16/h1-7,12-15,17,30H,8-11H2,(H2,29,32). The number of benzene rings is 3. The van der Waals surface area contributed by atoms with E-state index >= 15 is 0 Å². The van der Waals surface area contributed by atoms with Gasteiger partial charge in [0.05, 0.1) is 11.1 Å². The number of H-pyrrole nitrogens is 1. The Kier molecular flexibility index (Phi) is 5.90. The molecule has 180 valence electrons. The maximum Gasteiger partial charge on any atom is 0.250 e. The first-order valence-electron chi connectivity index (χ1n) is 11.2. The minimum absolute atomic E-state index is 0.0278. The van der Waals surface area contributed by atoms with Gasteiger partial charge < -0.3 is 10.7 Å². The van der Waals surface area contributed by atoms with Crippen molar-refractivity contribution in [1.29, 1.82) is 0 Å². The predicted octanol–water partition coefficient (Wildman–Crippen LogP) is 4.78. The SMILES string of the molecule is NC(=O)c1cc(-c2ccccc2)cc2c(C3CCN(S(=O)(=O)c4ccc(F)cc4F)CC3)c[nH]c12. The Hall–Kier alpha value is -3.56. The molecule has 35 heavy (non-hydrogen) atoms. The highest BCUT2D eigenvalue weighted by Crippen LogP contribution is 2.37. The van der Waals surface area contributed by atoms with Crippen LogP contribution in [0.5, 0.6) is 0 Å². The third-order valence-electron chi connectivity index (χ3n) is 6.60. The summed E-state index contributed by atoms with van der Waals surface area (Å²) in [5, 5.41) is 0.867. The van der Waals surface area contributed by atoms with E-state index in [1.54, 1.807) is 6.07 Å². The molecule has 2 heterocycles. The summed E-state index contributed by atoms with van der Waals surface area (Å²) >= 11 is 0. The molecule has 0 saturated carbocycles. The molecule has 1 fully saturated rings. The zero-order valence-corrected chi connectivity index (χ0v) is 19.5. The van der Waals surface area contributed by atoms with Crippen molar-refractivity contribution in [3.63, 3.8) is 0 Å². The fourth-order valence-corrected chi connectivity index (χ4v) is 6.33. The molecule has 0 spiro atoms. The van der Waals surface area contributed by atoms with Gasteiger partial charge in [-0.15, -0.1) is 0 Å². The molecule has 0 aliphatic carbocycles. The first-order valence-corrected chi connectivity index (χ1v) is 12.6. The molecule has 0 bridgehead atoms. The zero-order valence-electron chi connectivity index (χ0n) is 18.7. The minimum Gasteiger partial charge on any atom is -0.366 e. The second-order valence-electron chi connectivity index (χ2n) is 8.67. The Morgan fingerprint density at radius 2 is 1.69 bits per heavy atom. The van der Waals surface area contributed by atoms with E-state index in [0.29, 0.717) is 30.0 Å². The van der Waals surface area contributed by atoms with E-state index in [1.165, 1.54) is 4.31 Å². The van der Waals surface area contributed by atoms with Crippen molar-refractivity contribution >= 4 is 26.8 Å². The molecular weight excluding hydrogens is 472 g/mol. The van der Waals surface area contributed by atoms with Crippen LogP contribution in [0.1, 0.15) is 34.7 Å². The third kappa shape index (κ3) is 4.21. The van der Waals surface area contributed by atoms with Crippen LogP contribution in [0.15, 0.2) is 71.8 Å². The third-order valence-corrected chi connectivity index (χ3v) is 8.53. The number of hydrogen-bond donors (Lipinski definition) is 2. The number of fused-ring (bicyclic) bond motifs is 1. The first-order chi connectivity index (χ1) is 16.8. The summed E-state index contributed by atoms with van der Waals surface area (Å²) in [4.78, 5) is 14.8. The van der Waals surface area contributed by atoms with Crippen molar-refractivity contribution in [3.8, 4) is 11.1 Å². The van der Waals surface area contributed by atoms with Crippen LogP contribution in [0.2, 0.25) is 0 Å². The quantitative estimate of drug-likeness (QED) is 0.417. The molecular formula is C26H23F2N3O3S. The van der Waals surface area contributed by atoms with Crippen LogP contribution in [-0.4, -0.2) is 36.7 Å². The summed E-state index contributed by atoms with van der Waals surface area (Å²) in [6.07, 6.45) is 2.87. The number of nitrogens with two attached hydrogens (primary N) is 1. The lowest BCUT2D eigenvalue weighted by Gasteiger charge is -2.31. The van der Waals surface area contributed by atoms with Gasteiger partial charge in [-0.3, -0.25) is 4.79 Å². The van der Waals surface area contributed by atoms with Gasteiger partial charge >= 0.3 is 0 Å². The van der Waals surface area contributed by atoms with Crippen molar-refractivity contribution in [2.75, 3.05) is 13.1 Å². The Morgan fingerprint density at radius 3 is 2.34 bits per heavy atom. The number of halogens is 2. The Balaban J connectivity index is 1.45. The number of aromatic nitrogens is 1. The highest BCUT2D eigenvalue weighted by molar-refractivity contribution is 7.89. The molecule has 1 aliphatic rings. The van der Waals surface area contributed by atoms with E-state index in [1.807, 2.05) is 42.6 Å². The largest absolute Gasteiger partial charge is 0.366 e. The predicted molar refractivity (Wildman–Crippen MR) is 129 cm³/mol. The van der Waals surface area contributed by atoms with Crippen molar-refractivity contribution in [3.05, 3.63) is 89.6 Å². The summed E-state index contributed by atoms with van der Waals surface area (Å²) in [5.74, 6) is -2.44. The summed E-state index contributed by atoms with van der Waals surface area (Å²) in [6, 6.07) is 15.9. The maximum absolute atomic E-state index is 14.2. The van der Waals surface area contributed by atoms with Gasteiger partial charge in [0.1, 0.15) is 16.5 Å². The van der Waals surface area contributed by atoms with Gasteiger partial charge in [-0.2, -0.15) is 4.31 Å². The van der Waals surface area contributed by atoms with E-state index in [0.717, 1.165) is 34.2 Å². The van der Waals surface area contributed by atoms with Gasteiger partial charge in [0.25, 0.3) is 5.91 Å². The molecule has 3 aromatic carbocycles. The van der Waals surface area contributed by atoms with E-state index in [9.17, 15) is 22.0 Å². The molecule has 6 nitrogen and oxygen atoms in total. The molecule has 4 aromatic rings. The van der Waals surface area contributed by atoms with E-state index in [2.05, 4.69) is 4.98 Å². The molecule has 1 saturated heterocycles. The Morgan fingerprint density at radius 1 is 0.971 bits per heavy atom. The average molecular weight is 496 g/mol. The van der Waals surface area contributed by atoms with Crippen molar-refractivity contribution in [2.45, 2.75) is 23.7 Å². The van der Waals surface area contributed by atoms with Crippen LogP contribution in [0.4, 0.5) is 8.78 Å². The molecule has 1 aliphatic heterocycles. The number of rotatable bonds is 5. The van der Waals surface area contributed by atoms with Gasteiger partial charge in [-0.05, 0) is 59.7 Å². The van der Waals surface area contributed by atoms with Crippen molar-refractivity contribution in [2.24, 2.45) is 5.73 Å². The van der Waals surface area contributed by atoms with Crippen LogP contribution in [0.25, 0.3) is 22.0 Å². The molecule has 0 unspecified atom stereocenters. The van der Waals surface area contributed by atoms with Crippen LogP contribution in [0.3, 0.4) is 0 Å². The van der Waals surface area contributed by atoms with Crippen LogP contribution in [0, 0.1) is 11.6 Å². The molecule has 9 heteroatoms. The topological polar surface area (TPSA) is 96.3 Å². The number of hydrogen-bond acceptors (Lipinski definition) is 3. The molecule has 0 atom stereocenters. The van der Waals surface area contributed by atoms with Crippen molar-refractivity contribution in [1.82, 2.24) is 9.29 Å². The molecule has 0 radical (unpaired) electrons. The molecule has 5 rings (SSSR count). The minimum atomic E-state index is -4.08. The number of amides is 1. The van der Waals surface area contributed by atoms with Crippen LogP contribution < -0.4 is 5.73 Å². The number of sulfonamides is 1. The van der Waals surface area contributed by atoms with Gasteiger partial charge in [0.2, 0.25) is 10.0 Å². The number of carbonyl (C=O) groups is 1. The number of nitrogens with zero attached hydrogens (tertiary/aromatic N) is 1. The summed E-state index contributed by atoms with van der Waals surface area (Å²) in [6.45, 7) is 0.384. The lowest BCUT2D eigenvalue weighted by atomic mass is 9.88. The number of primary amides is 1. The maximum atomic E-state index is 14.2. The normalized spacial score (nSPS) is 15.5. The second kappa shape index (κ2) is 8.90. The summed E-state index contributed by atoms with van der Waals surface area (Å²) in [7, 11) is -4.08. The molecule has 3 N–H and O–H groups in total. The zero-order chi connectivity index (χ0) is 24.7. The van der Waals surface area contributed by atoms with E-state index < -0.39 is 32.5 Å². The van der Waals surface area contributed by atoms with E-state index in [4.69, 9.17) is 5.73 Å². The van der Waals surface area contributed by atoms with Crippen molar-refractivity contribution < 1.29 is 22.0 Å². The van der Waals surface area contributed by atoms with Gasteiger partial charge in [0, 0.05) is 30.7 Å². The lowest BCUT2D eigenvalue weighted by molar-refractivity contribution is 0.100. The monoisotopic (exact) mass is 495 g/mol. The molecule has 1 aromatic heterocycles. The number of carbonyl (C=O) groups excluding carboxylic acids is 1. The van der Waals surface area contributed by atoms with Crippen LogP contribution >= 0.6 is 0 Å². The van der Waals surface area contributed by atoms with E-state index in [-0.39, 0.29) is 19.0 Å². The van der Waals surface area contributed by atoms with Gasteiger partial charge in [-0.25, -0.2) is 17.2 Å². The second-order valence-corrected chi connectivity index (χ2v) is 10.6. The summed E-state index contributed by atoms with van der Waals surface area (Å²) in [5.41, 5.74) is 9.50. The number of piperidine rings is 1. The average Bonchev–Trinajstić information content (AvgIpc) is 3.27. The number of aromatic amines is 1. The van der Waals surface area contributed by atoms with Crippen LogP contribution in [-0.2, 0) is 10.0 Å². The highest BCUT2D eigenvalue weighted by atomic mass is 32.2. The number of nitrogens with one attached hydrogen (secondary N) is 1.